The topological polar surface area (TPSA) is 38.3 Å². The molecule has 0 spiro atoms. The van der Waals surface area contributed by atoms with E-state index in [-0.39, 0.29) is 11.8 Å². The molecule has 0 aromatic heterocycles. The Balaban J connectivity index is 2.67. The van der Waals surface area contributed by atoms with Crippen molar-refractivity contribution in [1.82, 2.24) is 5.32 Å². The molecule has 0 aliphatic rings. The van der Waals surface area contributed by atoms with E-state index in [2.05, 4.69) is 10.1 Å². The maximum atomic E-state index is 13.1. The maximum Gasteiger partial charge on any atom is 0.325 e. The summed E-state index contributed by atoms with van der Waals surface area (Å²) in [5.41, 5.74) is 0.776. The predicted molar refractivity (Wildman–Crippen MR) is 64.1 cm³/mol. The molecule has 94 valence electrons. The molecule has 17 heavy (non-hydrogen) atoms. The molecule has 0 aliphatic heterocycles. The minimum Gasteiger partial charge on any atom is -0.468 e. The van der Waals surface area contributed by atoms with E-state index in [1.54, 1.807) is 32.9 Å². The van der Waals surface area contributed by atoms with Crippen molar-refractivity contribution >= 4 is 5.97 Å². The average Bonchev–Trinajstić information content (AvgIpc) is 2.29. The second-order valence-corrected chi connectivity index (χ2v) is 4.55. The SMILES string of the molecule is COC(=O)C(C)(C)NCc1ccc(F)c(C)c1. The normalized spacial score (nSPS) is 11.4. The van der Waals surface area contributed by atoms with Crippen molar-refractivity contribution in [3.63, 3.8) is 0 Å². The standard InChI is InChI=1S/C13H18FNO2/c1-9-7-10(5-6-11(9)14)8-15-13(2,3)12(16)17-4/h5-7,15H,8H2,1-4H3. The van der Waals surface area contributed by atoms with Gasteiger partial charge < -0.3 is 4.74 Å². The summed E-state index contributed by atoms with van der Waals surface area (Å²) < 4.78 is 17.7. The van der Waals surface area contributed by atoms with E-state index in [4.69, 9.17) is 0 Å². The molecule has 0 atom stereocenters. The number of carbonyl (C=O) groups is 1. The predicted octanol–water partition coefficient (Wildman–Crippen LogP) is 2.18. The summed E-state index contributed by atoms with van der Waals surface area (Å²) in [5, 5.41) is 3.08. The lowest BCUT2D eigenvalue weighted by molar-refractivity contribution is -0.147. The number of nitrogens with one attached hydrogen (secondary N) is 1. The van der Waals surface area contributed by atoms with E-state index < -0.39 is 5.54 Å². The van der Waals surface area contributed by atoms with E-state index in [9.17, 15) is 9.18 Å². The van der Waals surface area contributed by atoms with Crippen molar-refractivity contribution < 1.29 is 13.9 Å². The fraction of sp³-hybridized carbons (Fsp3) is 0.462. The van der Waals surface area contributed by atoms with Crippen LogP contribution in [0.2, 0.25) is 0 Å². The summed E-state index contributed by atoms with van der Waals surface area (Å²) in [5.74, 6) is -0.544. The highest BCUT2D eigenvalue weighted by Gasteiger charge is 2.27. The van der Waals surface area contributed by atoms with E-state index in [1.165, 1.54) is 13.2 Å². The monoisotopic (exact) mass is 239 g/mol. The molecule has 0 radical (unpaired) electrons. The largest absolute Gasteiger partial charge is 0.468 e. The van der Waals surface area contributed by atoms with Crippen LogP contribution >= 0.6 is 0 Å². The van der Waals surface area contributed by atoms with Crippen molar-refractivity contribution in [2.24, 2.45) is 0 Å². The number of halogens is 1. The number of esters is 1. The zero-order valence-corrected chi connectivity index (χ0v) is 10.6. The summed E-state index contributed by atoms with van der Waals surface area (Å²) in [7, 11) is 1.35. The van der Waals surface area contributed by atoms with Crippen LogP contribution in [0, 0.1) is 12.7 Å². The molecule has 1 rings (SSSR count). The Labute approximate surface area is 101 Å². The zero-order valence-electron chi connectivity index (χ0n) is 10.6. The highest BCUT2D eigenvalue weighted by atomic mass is 19.1. The van der Waals surface area contributed by atoms with Crippen LogP contribution in [0.15, 0.2) is 18.2 Å². The number of aryl methyl sites for hydroxylation is 1. The molecule has 1 aromatic carbocycles. The maximum absolute atomic E-state index is 13.1. The molecular weight excluding hydrogens is 221 g/mol. The van der Waals surface area contributed by atoms with Crippen molar-refractivity contribution in [2.75, 3.05) is 7.11 Å². The van der Waals surface area contributed by atoms with E-state index >= 15 is 0 Å². The second-order valence-electron chi connectivity index (χ2n) is 4.55. The van der Waals surface area contributed by atoms with E-state index in [1.807, 2.05) is 0 Å². The number of methoxy groups -OCH3 is 1. The Bertz CT molecular complexity index is 416. The van der Waals surface area contributed by atoms with Crippen LogP contribution in [0.4, 0.5) is 4.39 Å². The number of hydrogen-bond donors (Lipinski definition) is 1. The first-order valence-corrected chi connectivity index (χ1v) is 5.45. The lowest BCUT2D eigenvalue weighted by Crippen LogP contribution is -2.46. The fourth-order valence-electron chi connectivity index (χ4n) is 1.47. The summed E-state index contributed by atoms with van der Waals surface area (Å²) in [6, 6.07) is 4.88. The van der Waals surface area contributed by atoms with Gasteiger partial charge in [-0.3, -0.25) is 10.1 Å². The van der Waals surface area contributed by atoms with Crippen LogP contribution in [-0.4, -0.2) is 18.6 Å². The van der Waals surface area contributed by atoms with Crippen LogP contribution in [0.3, 0.4) is 0 Å². The van der Waals surface area contributed by atoms with Gasteiger partial charge in [0.2, 0.25) is 0 Å². The van der Waals surface area contributed by atoms with E-state index in [0.29, 0.717) is 12.1 Å². The molecule has 3 nitrogen and oxygen atoms in total. The van der Waals surface area contributed by atoms with Gasteiger partial charge in [-0.2, -0.15) is 0 Å². The summed E-state index contributed by atoms with van der Waals surface area (Å²) in [6.45, 7) is 5.69. The number of hydrogen-bond acceptors (Lipinski definition) is 3. The molecule has 0 unspecified atom stereocenters. The van der Waals surface area contributed by atoms with Gasteiger partial charge >= 0.3 is 5.97 Å². The van der Waals surface area contributed by atoms with Crippen LogP contribution in [-0.2, 0) is 16.1 Å². The second kappa shape index (κ2) is 5.27. The first-order valence-electron chi connectivity index (χ1n) is 5.45. The Hall–Kier alpha value is -1.42. The Kier molecular flexibility index (Phi) is 4.23. The smallest absolute Gasteiger partial charge is 0.325 e. The molecule has 0 heterocycles. The van der Waals surface area contributed by atoms with Gasteiger partial charge in [0.25, 0.3) is 0 Å². The Morgan fingerprint density at radius 2 is 2.12 bits per heavy atom. The molecule has 4 heteroatoms. The van der Waals surface area contributed by atoms with Gasteiger partial charge in [-0.1, -0.05) is 12.1 Å². The highest BCUT2D eigenvalue weighted by Crippen LogP contribution is 2.11. The van der Waals surface area contributed by atoms with Gasteiger partial charge in [0.15, 0.2) is 0 Å². The van der Waals surface area contributed by atoms with Gasteiger partial charge in [0.1, 0.15) is 11.4 Å². The van der Waals surface area contributed by atoms with Crippen molar-refractivity contribution in [3.05, 3.63) is 35.1 Å². The molecule has 0 amide bonds. The molecular formula is C13H18FNO2. The van der Waals surface area contributed by atoms with Crippen molar-refractivity contribution in [1.29, 1.82) is 0 Å². The number of ether oxygens (including phenoxy) is 1. The minimum absolute atomic E-state index is 0.221. The molecule has 0 fully saturated rings. The molecule has 1 aromatic rings. The summed E-state index contributed by atoms with van der Waals surface area (Å²) in [4.78, 5) is 11.4. The lowest BCUT2D eigenvalue weighted by Gasteiger charge is -2.23. The number of carbonyl (C=O) groups excluding carboxylic acids is 1. The lowest BCUT2D eigenvalue weighted by atomic mass is 10.0. The van der Waals surface area contributed by atoms with Gasteiger partial charge in [0, 0.05) is 6.54 Å². The van der Waals surface area contributed by atoms with Crippen LogP contribution in [0.25, 0.3) is 0 Å². The Morgan fingerprint density at radius 1 is 1.47 bits per heavy atom. The van der Waals surface area contributed by atoms with Gasteiger partial charge in [-0.15, -0.1) is 0 Å². The number of benzene rings is 1. The summed E-state index contributed by atoms with van der Waals surface area (Å²) in [6.07, 6.45) is 0. The molecule has 0 saturated carbocycles. The molecule has 0 bridgehead atoms. The Morgan fingerprint density at radius 3 is 2.65 bits per heavy atom. The third-order valence-electron chi connectivity index (χ3n) is 2.65. The minimum atomic E-state index is -0.753. The zero-order chi connectivity index (χ0) is 13.1. The van der Waals surface area contributed by atoms with Crippen molar-refractivity contribution in [3.8, 4) is 0 Å². The highest BCUT2D eigenvalue weighted by molar-refractivity contribution is 5.79. The third-order valence-corrected chi connectivity index (χ3v) is 2.65. The molecule has 0 aliphatic carbocycles. The fourth-order valence-corrected chi connectivity index (χ4v) is 1.47. The number of rotatable bonds is 4. The van der Waals surface area contributed by atoms with Gasteiger partial charge in [-0.25, -0.2) is 4.39 Å². The first kappa shape index (κ1) is 13.6. The molecule has 0 saturated heterocycles. The van der Waals surface area contributed by atoms with Crippen molar-refractivity contribution in [2.45, 2.75) is 32.9 Å². The summed E-state index contributed by atoms with van der Waals surface area (Å²) >= 11 is 0. The third kappa shape index (κ3) is 3.53. The quantitative estimate of drug-likeness (QED) is 0.818. The van der Waals surface area contributed by atoms with Gasteiger partial charge in [0.05, 0.1) is 7.11 Å². The molecule has 1 N–H and O–H groups in total. The van der Waals surface area contributed by atoms with E-state index in [0.717, 1.165) is 5.56 Å². The van der Waals surface area contributed by atoms with Gasteiger partial charge in [-0.05, 0) is 38.0 Å². The first-order chi connectivity index (χ1) is 7.86. The van der Waals surface area contributed by atoms with Crippen LogP contribution in [0.1, 0.15) is 25.0 Å². The van der Waals surface area contributed by atoms with Crippen LogP contribution in [0.5, 0.6) is 0 Å². The average molecular weight is 239 g/mol. The van der Waals surface area contributed by atoms with Crippen LogP contribution < -0.4 is 5.32 Å².